The number of esters is 2. The molecule has 4 nitrogen and oxygen atoms in total. The van der Waals surface area contributed by atoms with Crippen molar-refractivity contribution in [2.24, 2.45) is 0 Å². The van der Waals surface area contributed by atoms with Crippen LogP contribution < -0.4 is 0 Å². The minimum absolute atomic E-state index is 0.0806. The fourth-order valence-corrected chi connectivity index (χ4v) is 3.99. The average molecular weight is 533 g/mol. The molecular weight excluding hydrogens is 502 g/mol. The molecule has 2 aromatic rings. The number of benzene rings is 2. The third-order valence-corrected chi connectivity index (χ3v) is 5.92. The van der Waals surface area contributed by atoms with Crippen LogP contribution in [0.25, 0.3) is 0 Å². The molecule has 0 aromatic heterocycles. The van der Waals surface area contributed by atoms with Crippen LogP contribution in [0.3, 0.4) is 0 Å². The molecule has 0 spiro atoms. The van der Waals surface area contributed by atoms with E-state index in [1.54, 1.807) is 0 Å². The molecule has 0 bridgehead atoms. The first-order valence-corrected chi connectivity index (χ1v) is 12.1. The molecule has 0 saturated carbocycles. The minimum Gasteiger partial charge on any atom is -0.462 e. The van der Waals surface area contributed by atoms with Gasteiger partial charge in [0.05, 0.1) is 24.3 Å². The summed E-state index contributed by atoms with van der Waals surface area (Å²) in [6.07, 6.45) is -7.67. The van der Waals surface area contributed by atoms with Crippen molar-refractivity contribution in [3.63, 3.8) is 0 Å². The molecule has 0 fully saturated rings. The van der Waals surface area contributed by atoms with Crippen LogP contribution in [0.5, 0.6) is 0 Å². The van der Waals surface area contributed by atoms with Crippen LogP contribution in [-0.2, 0) is 14.9 Å². The lowest BCUT2D eigenvalue weighted by atomic mass is 9.71. The van der Waals surface area contributed by atoms with Crippen LogP contribution in [0.2, 0.25) is 0 Å². The summed E-state index contributed by atoms with van der Waals surface area (Å²) in [4.78, 5) is 24.8. The van der Waals surface area contributed by atoms with Crippen molar-refractivity contribution in [2.45, 2.75) is 70.1 Å². The fraction of sp³-hybridized carbons (Fsp3) is 0.481. The second-order valence-corrected chi connectivity index (χ2v) is 8.55. The van der Waals surface area contributed by atoms with Crippen molar-refractivity contribution in [3.8, 4) is 0 Å². The summed E-state index contributed by atoms with van der Waals surface area (Å²) in [6, 6.07) is 6.56. The van der Waals surface area contributed by atoms with Gasteiger partial charge in [0.1, 0.15) is 0 Å². The van der Waals surface area contributed by atoms with E-state index in [1.165, 1.54) is 6.07 Å². The number of alkyl halides is 6. The number of hydrogen-bond acceptors (Lipinski definition) is 4. The van der Waals surface area contributed by atoms with Crippen LogP contribution in [0.1, 0.15) is 84.2 Å². The molecule has 0 heterocycles. The Labute approximate surface area is 212 Å². The van der Waals surface area contributed by atoms with Crippen LogP contribution >= 0.6 is 0 Å². The van der Waals surface area contributed by atoms with E-state index in [2.05, 4.69) is 0 Å². The average Bonchev–Trinajstić information content (AvgIpc) is 2.83. The first-order valence-electron chi connectivity index (χ1n) is 12.1. The summed E-state index contributed by atoms with van der Waals surface area (Å²) in [6.45, 7) is 3.77. The van der Waals surface area contributed by atoms with Gasteiger partial charge in [-0.1, -0.05) is 69.9 Å². The third-order valence-electron chi connectivity index (χ3n) is 5.92. The number of ether oxygens (including phenoxy) is 2. The van der Waals surface area contributed by atoms with E-state index >= 15 is 0 Å². The first-order chi connectivity index (χ1) is 17.4. The highest BCUT2D eigenvalue weighted by Crippen LogP contribution is 2.57. The molecule has 0 aliphatic heterocycles. The monoisotopic (exact) mass is 532 g/mol. The van der Waals surface area contributed by atoms with E-state index in [-0.39, 0.29) is 18.8 Å². The second kappa shape index (κ2) is 13.0. The number of carbonyl (C=O) groups is 2. The van der Waals surface area contributed by atoms with Crippen molar-refractivity contribution in [1.29, 1.82) is 0 Å². The van der Waals surface area contributed by atoms with Crippen molar-refractivity contribution in [1.82, 2.24) is 0 Å². The molecule has 0 saturated heterocycles. The van der Waals surface area contributed by atoms with Gasteiger partial charge in [-0.05, 0) is 42.2 Å². The molecule has 0 aliphatic carbocycles. The summed E-state index contributed by atoms with van der Waals surface area (Å²) in [5.74, 6) is -2.14. The Morgan fingerprint density at radius 2 is 1.16 bits per heavy atom. The maximum Gasteiger partial charge on any atom is 0.411 e. The van der Waals surface area contributed by atoms with Gasteiger partial charge < -0.3 is 9.47 Å². The number of hydrogen-bond donors (Lipinski definition) is 0. The molecule has 0 N–H and O–H groups in total. The van der Waals surface area contributed by atoms with Gasteiger partial charge in [0.2, 0.25) is 5.41 Å². The highest BCUT2D eigenvalue weighted by atomic mass is 19.4. The van der Waals surface area contributed by atoms with Gasteiger partial charge in [-0.2, -0.15) is 26.3 Å². The summed E-state index contributed by atoms with van der Waals surface area (Å²) < 4.78 is 97.5. The highest BCUT2D eigenvalue weighted by Gasteiger charge is 2.73. The SMILES string of the molecule is CCCCCOC(=O)c1ccc(C(c2ccccc2C(=O)OCCCCC)(C(F)(F)F)C(F)(F)F)cc1. The molecule has 0 aliphatic rings. The molecule has 0 atom stereocenters. The summed E-state index contributed by atoms with van der Waals surface area (Å²) >= 11 is 0. The number of halogens is 6. The second-order valence-electron chi connectivity index (χ2n) is 8.55. The maximum absolute atomic E-state index is 14.6. The molecule has 204 valence electrons. The van der Waals surface area contributed by atoms with Gasteiger partial charge in [-0.3, -0.25) is 0 Å². The van der Waals surface area contributed by atoms with E-state index in [4.69, 9.17) is 9.47 Å². The largest absolute Gasteiger partial charge is 0.462 e. The Balaban J connectivity index is 2.58. The van der Waals surface area contributed by atoms with E-state index in [1.807, 2.05) is 13.8 Å². The lowest BCUT2D eigenvalue weighted by Crippen LogP contribution is -2.55. The summed E-state index contributed by atoms with van der Waals surface area (Å²) in [5.41, 5.74) is -8.08. The van der Waals surface area contributed by atoms with Crippen LogP contribution in [0.15, 0.2) is 48.5 Å². The fourth-order valence-electron chi connectivity index (χ4n) is 3.99. The van der Waals surface area contributed by atoms with Crippen LogP contribution in [0, 0.1) is 0 Å². The molecule has 0 unspecified atom stereocenters. The molecule has 10 heteroatoms. The van der Waals surface area contributed by atoms with E-state index in [9.17, 15) is 35.9 Å². The van der Waals surface area contributed by atoms with Crippen molar-refractivity contribution in [2.75, 3.05) is 13.2 Å². The predicted molar refractivity (Wildman–Crippen MR) is 125 cm³/mol. The first kappa shape index (κ1) is 30.2. The number of unbranched alkanes of at least 4 members (excludes halogenated alkanes) is 4. The quantitative estimate of drug-likeness (QED) is 0.159. The Morgan fingerprint density at radius 3 is 1.65 bits per heavy atom. The molecule has 0 radical (unpaired) electrons. The zero-order valence-corrected chi connectivity index (χ0v) is 20.7. The van der Waals surface area contributed by atoms with Gasteiger partial charge in [0.15, 0.2) is 0 Å². The Morgan fingerprint density at radius 1 is 0.676 bits per heavy atom. The Bertz CT molecular complexity index is 1010. The van der Waals surface area contributed by atoms with Gasteiger partial charge >= 0.3 is 24.3 Å². The molecule has 37 heavy (non-hydrogen) atoms. The smallest absolute Gasteiger partial charge is 0.411 e. The topological polar surface area (TPSA) is 52.6 Å². The molecule has 2 rings (SSSR count). The van der Waals surface area contributed by atoms with Crippen molar-refractivity contribution in [3.05, 3.63) is 70.8 Å². The lowest BCUT2D eigenvalue weighted by molar-refractivity contribution is -0.288. The number of carbonyl (C=O) groups excluding carboxylic acids is 2. The Hall–Kier alpha value is -3.04. The molecule has 2 aromatic carbocycles. The van der Waals surface area contributed by atoms with Gasteiger partial charge in [-0.25, -0.2) is 9.59 Å². The van der Waals surface area contributed by atoms with Gasteiger partial charge in [-0.15, -0.1) is 0 Å². The Kier molecular flexibility index (Phi) is 10.6. The highest BCUT2D eigenvalue weighted by molar-refractivity contribution is 5.92. The summed E-state index contributed by atoms with van der Waals surface area (Å²) in [5, 5.41) is 0. The lowest BCUT2D eigenvalue weighted by Gasteiger charge is -2.39. The van der Waals surface area contributed by atoms with Crippen LogP contribution in [-0.4, -0.2) is 37.5 Å². The maximum atomic E-state index is 14.6. The minimum atomic E-state index is -5.90. The van der Waals surface area contributed by atoms with Crippen molar-refractivity contribution >= 4 is 11.9 Å². The molecular formula is C27H30F6O4. The third kappa shape index (κ3) is 6.84. The van der Waals surface area contributed by atoms with E-state index in [0.717, 1.165) is 43.5 Å². The van der Waals surface area contributed by atoms with Crippen molar-refractivity contribution < 1.29 is 45.4 Å². The normalized spacial score (nSPS) is 12.3. The van der Waals surface area contributed by atoms with Gasteiger partial charge in [0, 0.05) is 0 Å². The zero-order valence-electron chi connectivity index (χ0n) is 20.7. The zero-order chi connectivity index (χ0) is 27.7. The molecule has 0 amide bonds. The predicted octanol–water partition coefficient (Wildman–Crippen LogP) is 7.79. The van der Waals surface area contributed by atoms with Gasteiger partial charge in [0.25, 0.3) is 0 Å². The van der Waals surface area contributed by atoms with E-state index in [0.29, 0.717) is 37.5 Å². The van der Waals surface area contributed by atoms with Crippen LogP contribution in [0.4, 0.5) is 26.3 Å². The standard InChI is InChI=1S/C27H30F6O4/c1-3-5-9-17-36-23(34)19-13-15-20(16-14-19)25(26(28,29)30,27(31,32)33)22-12-8-7-11-21(22)24(35)37-18-10-6-4-2/h7-8,11-16H,3-6,9-10,17-18H2,1-2H3. The summed E-state index contributed by atoms with van der Waals surface area (Å²) in [7, 11) is 0. The number of rotatable bonds is 12. The van der Waals surface area contributed by atoms with E-state index < -0.39 is 46.4 Å².